The van der Waals surface area contributed by atoms with Gasteiger partial charge in [0.15, 0.2) is 11.5 Å². The van der Waals surface area contributed by atoms with Gasteiger partial charge in [-0.25, -0.2) is 0 Å². The highest BCUT2D eigenvalue weighted by atomic mass is 35.5. The number of methoxy groups -OCH3 is 3. The van der Waals surface area contributed by atoms with Crippen molar-refractivity contribution in [1.82, 2.24) is 9.80 Å². The highest BCUT2D eigenvalue weighted by Gasteiger charge is 2.22. The van der Waals surface area contributed by atoms with Crippen molar-refractivity contribution in [2.45, 2.75) is 13.0 Å². The van der Waals surface area contributed by atoms with E-state index in [2.05, 4.69) is 4.90 Å². The third-order valence-corrected chi connectivity index (χ3v) is 5.40. The van der Waals surface area contributed by atoms with E-state index in [1.54, 1.807) is 39.5 Å². The Labute approximate surface area is 176 Å². The molecular weight excluding hydrogens is 392 g/mol. The molecule has 0 bridgehead atoms. The van der Waals surface area contributed by atoms with Gasteiger partial charge in [-0.15, -0.1) is 0 Å². The zero-order valence-electron chi connectivity index (χ0n) is 17.1. The Morgan fingerprint density at radius 1 is 0.897 bits per heavy atom. The van der Waals surface area contributed by atoms with Crippen LogP contribution in [0.2, 0.25) is 5.02 Å². The fraction of sp³-hybridized carbons (Fsp3) is 0.409. The summed E-state index contributed by atoms with van der Waals surface area (Å²) in [6, 6.07) is 11.3. The summed E-state index contributed by atoms with van der Waals surface area (Å²) in [6.07, 6.45) is 0.291. The fourth-order valence-electron chi connectivity index (χ4n) is 3.55. The molecule has 1 aliphatic rings. The van der Waals surface area contributed by atoms with Crippen LogP contribution in [0.1, 0.15) is 11.1 Å². The van der Waals surface area contributed by atoms with Gasteiger partial charge < -0.3 is 19.1 Å². The molecule has 2 aromatic carbocycles. The summed E-state index contributed by atoms with van der Waals surface area (Å²) in [5, 5.41) is 0.605. The SMILES string of the molecule is COc1ccc(Cl)cc1CC(=O)N1CCN(Cc2ccc(OC)c(OC)c2)CC1. The molecule has 2 aromatic rings. The second-order valence-electron chi connectivity index (χ2n) is 6.98. The Bertz CT molecular complexity index is 851. The molecule has 1 heterocycles. The largest absolute Gasteiger partial charge is 0.496 e. The minimum Gasteiger partial charge on any atom is -0.496 e. The van der Waals surface area contributed by atoms with E-state index < -0.39 is 0 Å². The summed E-state index contributed by atoms with van der Waals surface area (Å²) in [7, 11) is 4.87. The number of nitrogens with zero attached hydrogens (tertiary/aromatic N) is 2. The molecular formula is C22H27ClN2O4. The van der Waals surface area contributed by atoms with Crippen molar-refractivity contribution >= 4 is 17.5 Å². The van der Waals surface area contributed by atoms with Crippen molar-refractivity contribution in [2.75, 3.05) is 47.5 Å². The molecule has 1 saturated heterocycles. The zero-order valence-corrected chi connectivity index (χ0v) is 17.9. The smallest absolute Gasteiger partial charge is 0.227 e. The molecule has 0 saturated carbocycles. The zero-order chi connectivity index (χ0) is 20.8. The molecule has 0 N–H and O–H groups in total. The summed E-state index contributed by atoms with van der Waals surface area (Å²) in [5.74, 6) is 2.24. The molecule has 1 aliphatic heterocycles. The van der Waals surface area contributed by atoms with Crippen molar-refractivity contribution < 1.29 is 19.0 Å². The standard InChI is InChI=1S/C22H27ClN2O4/c1-27-19-7-5-18(23)13-17(19)14-22(26)25-10-8-24(9-11-25)15-16-4-6-20(28-2)21(12-16)29-3/h4-7,12-13H,8-11,14-15H2,1-3H3. The number of carbonyl (C=O) groups is 1. The van der Waals surface area contributed by atoms with Crippen molar-refractivity contribution in [1.29, 1.82) is 0 Å². The molecule has 0 spiro atoms. The van der Waals surface area contributed by atoms with E-state index in [0.717, 1.165) is 42.3 Å². The molecule has 7 heteroatoms. The molecule has 1 amide bonds. The number of halogens is 1. The van der Waals surface area contributed by atoms with Crippen LogP contribution in [0.4, 0.5) is 0 Å². The van der Waals surface area contributed by atoms with Crippen molar-refractivity contribution in [2.24, 2.45) is 0 Å². The minimum absolute atomic E-state index is 0.0938. The molecule has 0 atom stereocenters. The van der Waals surface area contributed by atoms with E-state index >= 15 is 0 Å². The molecule has 0 unspecified atom stereocenters. The maximum absolute atomic E-state index is 12.7. The van der Waals surface area contributed by atoms with Crippen LogP contribution in [0, 0.1) is 0 Å². The molecule has 1 fully saturated rings. The van der Waals surface area contributed by atoms with Crippen LogP contribution in [0.15, 0.2) is 36.4 Å². The number of rotatable bonds is 7. The van der Waals surface area contributed by atoms with Crippen LogP contribution in [0.25, 0.3) is 0 Å². The fourth-order valence-corrected chi connectivity index (χ4v) is 3.75. The second-order valence-corrected chi connectivity index (χ2v) is 7.42. The summed E-state index contributed by atoms with van der Waals surface area (Å²) in [5.41, 5.74) is 1.98. The molecule has 156 valence electrons. The third kappa shape index (κ3) is 5.34. The van der Waals surface area contributed by atoms with Crippen molar-refractivity contribution in [3.63, 3.8) is 0 Å². The van der Waals surface area contributed by atoms with Crippen LogP contribution in [-0.2, 0) is 17.8 Å². The summed E-state index contributed by atoms with van der Waals surface area (Å²) in [4.78, 5) is 17.0. The van der Waals surface area contributed by atoms with Gasteiger partial charge in [0, 0.05) is 43.3 Å². The number of amides is 1. The minimum atomic E-state index is 0.0938. The monoisotopic (exact) mass is 418 g/mol. The van der Waals surface area contributed by atoms with E-state index in [1.165, 1.54) is 0 Å². The topological polar surface area (TPSA) is 51.2 Å². The summed E-state index contributed by atoms with van der Waals surface area (Å²) >= 11 is 6.08. The highest BCUT2D eigenvalue weighted by Crippen LogP contribution is 2.28. The first kappa shape index (κ1) is 21.3. The molecule has 3 rings (SSSR count). The van der Waals surface area contributed by atoms with Gasteiger partial charge in [-0.1, -0.05) is 17.7 Å². The average Bonchev–Trinajstić information content (AvgIpc) is 2.74. The predicted octanol–water partition coefficient (Wildman–Crippen LogP) is 3.25. The van der Waals surface area contributed by atoms with E-state index in [4.69, 9.17) is 25.8 Å². The molecule has 0 aliphatic carbocycles. The van der Waals surface area contributed by atoms with Gasteiger partial charge in [0.25, 0.3) is 0 Å². The maximum Gasteiger partial charge on any atom is 0.227 e. The first-order valence-corrected chi connectivity index (χ1v) is 9.95. The first-order chi connectivity index (χ1) is 14.0. The molecule has 29 heavy (non-hydrogen) atoms. The number of ether oxygens (including phenoxy) is 3. The van der Waals surface area contributed by atoms with Gasteiger partial charge in [0.2, 0.25) is 5.91 Å². The van der Waals surface area contributed by atoms with Gasteiger partial charge in [-0.3, -0.25) is 9.69 Å². The van der Waals surface area contributed by atoms with Crippen LogP contribution in [-0.4, -0.2) is 63.2 Å². The van der Waals surface area contributed by atoms with Crippen molar-refractivity contribution in [3.05, 3.63) is 52.5 Å². The average molecular weight is 419 g/mol. The lowest BCUT2D eigenvalue weighted by Gasteiger charge is -2.35. The quantitative estimate of drug-likeness (QED) is 0.690. The van der Waals surface area contributed by atoms with Gasteiger partial charge in [0.1, 0.15) is 5.75 Å². The predicted molar refractivity (Wildman–Crippen MR) is 113 cm³/mol. The Morgan fingerprint density at radius 3 is 2.21 bits per heavy atom. The lowest BCUT2D eigenvalue weighted by molar-refractivity contribution is -0.132. The summed E-state index contributed by atoms with van der Waals surface area (Å²) < 4.78 is 16.0. The Morgan fingerprint density at radius 2 is 1.55 bits per heavy atom. The van der Waals surface area contributed by atoms with Gasteiger partial charge in [-0.05, 0) is 35.9 Å². The number of piperazine rings is 1. The van der Waals surface area contributed by atoms with E-state index in [0.29, 0.717) is 30.3 Å². The maximum atomic E-state index is 12.7. The van der Waals surface area contributed by atoms with Gasteiger partial charge in [0.05, 0.1) is 27.8 Å². The Kier molecular flexibility index (Phi) is 7.23. The lowest BCUT2D eigenvalue weighted by Crippen LogP contribution is -2.48. The van der Waals surface area contributed by atoms with Crippen molar-refractivity contribution in [3.8, 4) is 17.2 Å². The Hall–Kier alpha value is -2.44. The summed E-state index contributed by atoms with van der Waals surface area (Å²) in [6.45, 7) is 3.87. The molecule has 0 aromatic heterocycles. The number of hydrogen-bond acceptors (Lipinski definition) is 5. The van der Waals surface area contributed by atoms with Gasteiger partial charge in [-0.2, -0.15) is 0 Å². The molecule has 0 radical (unpaired) electrons. The second kappa shape index (κ2) is 9.85. The molecule has 6 nitrogen and oxygen atoms in total. The van der Waals surface area contributed by atoms with Crippen LogP contribution in [0.3, 0.4) is 0 Å². The van der Waals surface area contributed by atoms with Gasteiger partial charge >= 0.3 is 0 Å². The lowest BCUT2D eigenvalue weighted by atomic mass is 10.1. The van der Waals surface area contributed by atoms with E-state index in [9.17, 15) is 4.79 Å². The number of hydrogen-bond donors (Lipinski definition) is 0. The number of benzene rings is 2. The van der Waals surface area contributed by atoms with E-state index in [1.807, 2.05) is 23.1 Å². The number of carbonyl (C=O) groups excluding carboxylic acids is 1. The normalized spacial score (nSPS) is 14.6. The van der Waals surface area contributed by atoms with Crippen LogP contribution >= 0.6 is 11.6 Å². The van der Waals surface area contributed by atoms with E-state index in [-0.39, 0.29) is 5.91 Å². The Balaban J connectivity index is 1.55. The highest BCUT2D eigenvalue weighted by molar-refractivity contribution is 6.30. The third-order valence-electron chi connectivity index (χ3n) is 5.16. The van der Waals surface area contributed by atoms with Crippen LogP contribution in [0.5, 0.6) is 17.2 Å². The van der Waals surface area contributed by atoms with Crippen LogP contribution < -0.4 is 14.2 Å². The first-order valence-electron chi connectivity index (χ1n) is 9.57.